The van der Waals surface area contributed by atoms with Crippen LogP contribution in [-0.4, -0.2) is 0 Å². The van der Waals surface area contributed by atoms with Gasteiger partial charge < -0.3 is 0 Å². The van der Waals surface area contributed by atoms with E-state index in [1.54, 1.807) is 0 Å². The lowest BCUT2D eigenvalue weighted by Gasteiger charge is -2.08. The molecule has 0 N–H and O–H groups in total. The van der Waals surface area contributed by atoms with Gasteiger partial charge in [-0.3, -0.25) is 0 Å². The van der Waals surface area contributed by atoms with E-state index in [9.17, 15) is 0 Å². The van der Waals surface area contributed by atoms with Crippen molar-refractivity contribution in [2.45, 2.75) is 13.8 Å². The minimum atomic E-state index is 1.27. The van der Waals surface area contributed by atoms with Crippen molar-refractivity contribution in [1.29, 1.82) is 0 Å². The molecule has 0 saturated carbocycles. The summed E-state index contributed by atoms with van der Waals surface area (Å²) in [6.07, 6.45) is 0. The van der Waals surface area contributed by atoms with E-state index in [4.69, 9.17) is 0 Å². The van der Waals surface area contributed by atoms with Crippen molar-refractivity contribution >= 4 is 10.8 Å². The molecule has 0 saturated heterocycles. The maximum atomic E-state index is 2.28. The largest absolute Gasteiger partial charge is 0.0587 e. The van der Waals surface area contributed by atoms with E-state index in [2.05, 4.69) is 98.8 Å². The fraction of sp³-hybridized carbons (Fsp3) is 0.0833. The Balaban J connectivity index is 1.75. The number of benzene rings is 4. The van der Waals surface area contributed by atoms with Gasteiger partial charge in [0.15, 0.2) is 0 Å². The van der Waals surface area contributed by atoms with Gasteiger partial charge in [0.25, 0.3) is 0 Å². The standard InChI is InChI=1S/C24H20/c1-17-3-7-19(8-4-17)21-11-13-24-16-22(12-14-23(24)15-21)20-9-5-18(2)6-10-20/h3-16H,1-2H3. The van der Waals surface area contributed by atoms with Gasteiger partial charge >= 0.3 is 0 Å². The second kappa shape index (κ2) is 5.98. The molecule has 0 heterocycles. The molecule has 0 amide bonds. The van der Waals surface area contributed by atoms with Crippen LogP contribution in [0.15, 0.2) is 84.9 Å². The Bertz CT molecular complexity index is 906. The average Bonchev–Trinajstić information content (AvgIpc) is 2.62. The van der Waals surface area contributed by atoms with Crippen molar-refractivity contribution in [3.8, 4) is 22.3 Å². The lowest BCUT2D eigenvalue weighted by Crippen LogP contribution is -1.82. The summed E-state index contributed by atoms with van der Waals surface area (Å²) >= 11 is 0. The number of hydrogen-bond acceptors (Lipinski definition) is 0. The number of fused-ring (bicyclic) bond motifs is 1. The first kappa shape index (κ1) is 14.7. The molecule has 0 aliphatic rings. The van der Waals surface area contributed by atoms with Crippen LogP contribution in [0.25, 0.3) is 33.0 Å². The van der Waals surface area contributed by atoms with Crippen molar-refractivity contribution in [2.75, 3.05) is 0 Å². The van der Waals surface area contributed by atoms with Crippen LogP contribution in [0.2, 0.25) is 0 Å². The first-order chi connectivity index (χ1) is 11.7. The third-order valence-corrected chi connectivity index (χ3v) is 4.61. The third kappa shape index (κ3) is 2.83. The van der Waals surface area contributed by atoms with Gasteiger partial charge in [0, 0.05) is 0 Å². The van der Waals surface area contributed by atoms with Crippen LogP contribution < -0.4 is 0 Å². The highest BCUT2D eigenvalue weighted by atomic mass is 14.1. The van der Waals surface area contributed by atoms with E-state index in [1.807, 2.05) is 0 Å². The topological polar surface area (TPSA) is 0 Å². The second-order valence-electron chi connectivity index (χ2n) is 6.51. The SMILES string of the molecule is Cc1ccc(-c2ccc3cc(-c4ccc(C)cc4)ccc3c2)cc1. The molecule has 4 aromatic rings. The van der Waals surface area contributed by atoms with Crippen molar-refractivity contribution in [1.82, 2.24) is 0 Å². The van der Waals surface area contributed by atoms with Gasteiger partial charge in [-0.05, 0) is 59.0 Å². The summed E-state index contributed by atoms with van der Waals surface area (Å²) in [6, 6.07) is 30.9. The molecule has 0 heteroatoms. The van der Waals surface area contributed by atoms with Crippen LogP contribution in [0.4, 0.5) is 0 Å². The van der Waals surface area contributed by atoms with Crippen LogP contribution in [0.1, 0.15) is 11.1 Å². The highest BCUT2D eigenvalue weighted by molar-refractivity contribution is 5.90. The normalized spacial score (nSPS) is 10.9. The number of aryl methyl sites for hydroxylation is 2. The predicted molar refractivity (Wildman–Crippen MR) is 104 cm³/mol. The summed E-state index contributed by atoms with van der Waals surface area (Å²) in [6.45, 7) is 4.24. The average molecular weight is 308 g/mol. The zero-order valence-electron chi connectivity index (χ0n) is 14.1. The molecule has 0 aliphatic heterocycles. The molecule has 4 aromatic carbocycles. The predicted octanol–water partition coefficient (Wildman–Crippen LogP) is 6.79. The molecule has 0 radical (unpaired) electrons. The summed E-state index contributed by atoms with van der Waals surface area (Å²) in [5.41, 5.74) is 7.66. The summed E-state index contributed by atoms with van der Waals surface area (Å²) in [5.74, 6) is 0. The van der Waals surface area contributed by atoms with Crippen LogP contribution >= 0.6 is 0 Å². The number of rotatable bonds is 2. The molecule has 4 rings (SSSR count). The number of hydrogen-bond donors (Lipinski definition) is 0. The van der Waals surface area contributed by atoms with Crippen LogP contribution in [0.5, 0.6) is 0 Å². The van der Waals surface area contributed by atoms with Gasteiger partial charge in [0.1, 0.15) is 0 Å². The molecular weight excluding hydrogens is 288 g/mol. The lowest BCUT2D eigenvalue weighted by molar-refractivity contribution is 1.47. The lowest BCUT2D eigenvalue weighted by atomic mass is 9.97. The van der Waals surface area contributed by atoms with Gasteiger partial charge in [-0.2, -0.15) is 0 Å². The van der Waals surface area contributed by atoms with E-state index in [1.165, 1.54) is 44.2 Å². The molecule has 0 aliphatic carbocycles. The van der Waals surface area contributed by atoms with Gasteiger partial charge in [0.2, 0.25) is 0 Å². The van der Waals surface area contributed by atoms with Crippen molar-refractivity contribution in [3.05, 3.63) is 96.1 Å². The smallest absolute Gasteiger partial charge is 0.0177 e. The minimum Gasteiger partial charge on any atom is -0.0587 e. The Hall–Kier alpha value is -2.86. The molecule has 0 spiro atoms. The molecule has 0 bridgehead atoms. The first-order valence-corrected chi connectivity index (χ1v) is 8.37. The molecule has 0 atom stereocenters. The maximum absolute atomic E-state index is 2.28. The molecule has 0 aromatic heterocycles. The summed E-state index contributed by atoms with van der Waals surface area (Å²) in [5, 5.41) is 2.56. The first-order valence-electron chi connectivity index (χ1n) is 8.37. The fourth-order valence-electron chi connectivity index (χ4n) is 3.10. The Morgan fingerprint density at radius 2 is 0.708 bits per heavy atom. The molecular formula is C24H20. The molecule has 24 heavy (non-hydrogen) atoms. The van der Waals surface area contributed by atoms with Gasteiger partial charge in [-0.1, -0.05) is 83.9 Å². The zero-order chi connectivity index (χ0) is 16.5. The second-order valence-corrected chi connectivity index (χ2v) is 6.51. The molecule has 116 valence electrons. The summed E-state index contributed by atoms with van der Waals surface area (Å²) < 4.78 is 0. The summed E-state index contributed by atoms with van der Waals surface area (Å²) in [7, 11) is 0. The highest BCUT2D eigenvalue weighted by Gasteiger charge is 2.03. The Morgan fingerprint density at radius 1 is 0.375 bits per heavy atom. The van der Waals surface area contributed by atoms with E-state index in [-0.39, 0.29) is 0 Å². The van der Waals surface area contributed by atoms with Gasteiger partial charge in [0.05, 0.1) is 0 Å². The third-order valence-electron chi connectivity index (χ3n) is 4.61. The Labute approximate surface area is 143 Å². The molecule has 0 fully saturated rings. The van der Waals surface area contributed by atoms with Crippen LogP contribution in [0, 0.1) is 13.8 Å². The minimum absolute atomic E-state index is 1.27. The highest BCUT2D eigenvalue weighted by Crippen LogP contribution is 2.28. The van der Waals surface area contributed by atoms with Crippen LogP contribution in [-0.2, 0) is 0 Å². The summed E-state index contributed by atoms with van der Waals surface area (Å²) in [4.78, 5) is 0. The van der Waals surface area contributed by atoms with E-state index >= 15 is 0 Å². The maximum Gasteiger partial charge on any atom is -0.0177 e. The van der Waals surface area contributed by atoms with E-state index in [0.717, 1.165) is 0 Å². The fourth-order valence-corrected chi connectivity index (χ4v) is 3.10. The van der Waals surface area contributed by atoms with Crippen molar-refractivity contribution in [2.24, 2.45) is 0 Å². The molecule has 0 nitrogen and oxygen atoms in total. The van der Waals surface area contributed by atoms with Crippen molar-refractivity contribution in [3.63, 3.8) is 0 Å². The van der Waals surface area contributed by atoms with E-state index in [0.29, 0.717) is 0 Å². The van der Waals surface area contributed by atoms with Crippen molar-refractivity contribution < 1.29 is 0 Å². The Morgan fingerprint density at radius 3 is 1.08 bits per heavy atom. The zero-order valence-corrected chi connectivity index (χ0v) is 14.1. The van der Waals surface area contributed by atoms with Gasteiger partial charge in [-0.15, -0.1) is 0 Å². The Kier molecular flexibility index (Phi) is 3.66. The quantitative estimate of drug-likeness (QED) is 0.382. The van der Waals surface area contributed by atoms with Gasteiger partial charge in [-0.25, -0.2) is 0 Å². The molecule has 0 unspecified atom stereocenters. The van der Waals surface area contributed by atoms with Crippen LogP contribution in [0.3, 0.4) is 0 Å². The van der Waals surface area contributed by atoms with E-state index < -0.39 is 0 Å². The monoisotopic (exact) mass is 308 g/mol.